The third-order valence-corrected chi connectivity index (χ3v) is 7.83. The number of hydrogen-bond acceptors (Lipinski definition) is 6. The van der Waals surface area contributed by atoms with Crippen LogP contribution in [-0.2, 0) is 11.5 Å². The minimum absolute atomic E-state index is 0.0572. The SMILES string of the molecule is C[Si](C)(C)CCOCn1cc(C(=O)C2CC2)c2c(N[C@@H]3CCCN(C(=O)O)C3)ncnc21. The van der Waals surface area contributed by atoms with Crippen molar-refractivity contribution in [1.29, 1.82) is 0 Å². The molecule has 1 atom stereocenters. The number of carbonyl (C=O) groups excluding carboxylic acids is 1. The second-order valence-corrected chi connectivity index (χ2v) is 15.8. The third-order valence-electron chi connectivity index (χ3n) is 6.13. The van der Waals surface area contributed by atoms with Gasteiger partial charge in [0.05, 0.1) is 5.39 Å². The zero-order valence-corrected chi connectivity index (χ0v) is 20.1. The van der Waals surface area contributed by atoms with Crippen molar-refractivity contribution < 1.29 is 19.4 Å². The van der Waals surface area contributed by atoms with E-state index in [1.54, 1.807) is 0 Å². The minimum atomic E-state index is -1.19. The normalized spacial score (nSPS) is 19.3. The highest BCUT2D eigenvalue weighted by molar-refractivity contribution is 6.76. The first-order chi connectivity index (χ1) is 15.2. The topological polar surface area (TPSA) is 110 Å². The van der Waals surface area contributed by atoms with Gasteiger partial charge in [0.25, 0.3) is 0 Å². The van der Waals surface area contributed by atoms with Crippen molar-refractivity contribution >= 4 is 36.8 Å². The standard InChI is InChI=1S/C22H33N5O4Si/c1-32(2,3)10-9-31-14-27-12-17(19(28)15-6-7-15)18-20(23-13-24-21(18)27)25-16-5-4-8-26(11-16)22(29)30/h12-13,15-16H,4-11,14H2,1-3H3,(H,29,30)(H,23,24,25)/t16-/m1/s1. The summed E-state index contributed by atoms with van der Waals surface area (Å²) >= 11 is 0. The van der Waals surface area contributed by atoms with E-state index in [2.05, 4.69) is 34.9 Å². The molecular formula is C22H33N5O4Si. The lowest BCUT2D eigenvalue weighted by molar-refractivity contribution is 0.0893. The van der Waals surface area contributed by atoms with Crippen molar-refractivity contribution in [3.05, 3.63) is 18.1 Å². The zero-order chi connectivity index (χ0) is 22.9. The van der Waals surface area contributed by atoms with Crippen molar-refractivity contribution in [3.8, 4) is 0 Å². The van der Waals surface area contributed by atoms with E-state index < -0.39 is 14.2 Å². The maximum atomic E-state index is 13.1. The number of carboxylic acid groups (broad SMARTS) is 1. The predicted molar refractivity (Wildman–Crippen MR) is 125 cm³/mol. The molecule has 4 rings (SSSR count). The fourth-order valence-corrected chi connectivity index (χ4v) is 4.84. The van der Waals surface area contributed by atoms with E-state index in [9.17, 15) is 14.7 Å². The predicted octanol–water partition coefficient (Wildman–Crippen LogP) is 3.89. The molecule has 1 aliphatic carbocycles. The van der Waals surface area contributed by atoms with Crippen LogP contribution in [0.2, 0.25) is 25.7 Å². The number of rotatable bonds is 9. The summed E-state index contributed by atoms with van der Waals surface area (Å²) in [6, 6.07) is 1.02. The molecule has 2 aromatic rings. The van der Waals surface area contributed by atoms with Gasteiger partial charge in [-0.1, -0.05) is 19.6 Å². The Kier molecular flexibility index (Phi) is 6.52. The number of aromatic nitrogens is 3. The monoisotopic (exact) mass is 459 g/mol. The molecule has 10 heteroatoms. The first-order valence-corrected chi connectivity index (χ1v) is 15.1. The largest absolute Gasteiger partial charge is 0.465 e. The minimum Gasteiger partial charge on any atom is -0.465 e. The number of amides is 1. The van der Waals surface area contributed by atoms with Crippen LogP contribution in [0, 0.1) is 5.92 Å². The van der Waals surface area contributed by atoms with Crippen molar-refractivity contribution in [1.82, 2.24) is 19.4 Å². The van der Waals surface area contributed by atoms with Crippen LogP contribution >= 0.6 is 0 Å². The molecule has 0 aromatic carbocycles. The Labute approximate surface area is 189 Å². The average molecular weight is 460 g/mol. The highest BCUT2D eigenvalue weighted by Gasteiger charge is 2.34. The van der Waals surface area contributed by atoms with Gasteiger partial charge in [-0.05, 0) is 31.7 Å². The summed E-state index contributed by atoms with van der Waals surface area (Å²) in [7, 11) is -1.19. The van der Waals surface area contributed by atoms with Crippen LogP contribution in [0.15, 0.2) is 12.5 Å². The highest BCUT2D eigenvalue weighted by Crippen LogP contribution is 2.37. The maximum Gasteiger partial charge on any atom is 0.407 e. The summed E-state index contributed by atoms with van der Waals surface area (Å²) in [6.45, 7) is 8.91. The van der Waals surface area contributed by atoms with E-state index in [0.717, 1.165) is 31.7 Å². The number of piperidine rings is 1. The number of ketones is 1. The molecule has 2 fully saturated rings. The van der Waals surface area contributed by atoms with Gasteiger partial charge in [0, 0.05) is 51.5 Å². The van der Waals surface area contributed by atoms with E-state index in [1.165, 1.54) is 11.2 Å². The van der Waals surface area contributed by atoms with Crippen molar-refractivity contribution in [2.75, 3.05) is 25.0 Å². The van der Waals surface area contributed by atoms with E-state index >= 15 is 0 Å². The summed E-state index contributed by atoms with van der Waals surface area (Å²) in [5.41, 5.74) is 1.30. The van der Waals surface area contributed by atoms with Crippen LogP contribution in [0.4, 0.5) is 10.6 Å². The van der Waals surface area contributed by atoms with E-state index in [-0.39, 0.29) is 17.7 Å². The highest BCUT2D eigenvalue weighted by atomic mass is 28.3. The second kappa shape index (κ2) is 9.19. The van der Waals surface area contributed by atoms with Gasteiger partial charge in [-0.25, -0.2) is 14.8 Å². The lowest BCUT2D eigenvalue weighted by Crippen LogP contribution is -2.44. The van der Waals surface area contributed by atoms with Gasteiger partial charge in [-0.2, -0.15) is 0 Å². The molecule has 3 heterocycles. The molecule has 174 valence electrons. The average Bonchev–Trinajstić information content (AvgIpc) is 3.52. The summed E-state index contributed by atoms with van der Waals surface area (Å²) < 4.78 is 7.83. The number of anilines is 1. The van der Waals surface area contributed by atoms with Crippen LogP contribution in [0.25, 0.3) is 11.0 Å². The first-order valence-electron chi connectivity index (χ1n) is 11.4. The molecule has 0 unspecified atom stereocenters. The van der Waals surface area contributed by atoms with Crippen molar-refractivity contribution in [3.63, 3.8) is 0 Å². The van der Waals surface area contributed by atoms with Gasteiger partial charge >= 0.3 is 6.09 Å². The number of ether oxygens (including phenoxy) is 1. The number of fused-ring (bicyclic) bond motifs is 1. The molecule has 2 N–H and O–H groups in total. The van der Waals surface area contributed by atoms with Crippen molar-refractivity contribution in [2.24, 2.45) is 5.92 Å². The number of hydrogen-bond donors (Lipinski definition) is 2. The molecule has 2 aromatic heterocycles. The Bertz CT molecular complexity index is 998. The zero-order valence-electron chi connectivity index (χ0n) is 19.1. The lowest BCUT2D eigenvalue weighted by atomic mass is 10.0. The van der Waals surface area contributed by atoms with Gasteiger partial charge in [-0.15, -0.1) is 0 Å². The van der Waals surface area contributed by atoms with Gasteiger partial charge in [0.15, 0.2) is 5.78 Å². The van der Waals surface area contributed by atoms with Gasteiger partial charge in [-0.3, -0.25) is 4.79 Å². The molecule has 32 heavy (non-hydrogen) atoms. The molecule has 1 aliphatic heterocycles. The van der Waals surface area contributed by atoms with Gasteiger partial charge < -0.3 is 24.6 Å². The van der Waals surface area contributed by atoms with Crippen molar-refractivity contribution in [2.45, 2.75) is 64.1 Å². The quantitative estimate of drug-likeness (QED) is 0.332. The van der Waals surface area contributed by atoms with Crippen LogP contribution in [0.3, 0.4) is 0 Å². The summed E-state index contributed by atoms with van der Waals surface area (Å²) in [5.74, 6) is 0.800. The second-order valence-electron chi connectivity index (χ2n) is 10.1. The lowest BCUT2D eigenvalue weighted by Gasteiger charge is -2.31. The summed E-state index contributed by atoms with van der Waals surface area (Å²) in [6.07, 6.45) is 5.92. The van der Waals surface area contributed by atoms with E-state index in [0.29, 0.717) is 48.8 Å². The maximum absolute atomic E-state index is 13.1. The summed E-state index contributed by atoms with van der Waals surface area (Å²) in [4.78, 5) is 34.8. The fraction of sp³-hybridized carbons (Fsp3) is 0.636. The molecule has 9 nitrogen and oxygen atoms in total. The Hall–Kier alpha value is -2.46. The number of Topliss-reactive ketones (excluding diaryl/α,β-unsaturated/α-hetero) is 1. The molecular weight excluding hydrogens is 426 g/mol. The van der Waals surface area contributed by atoms with Gasteiger partial charge in [0.1, 0.15) is 24.5 Å². The number of likely N-dealkylation sites (tertiary alicyclic amines) is 1. The van der Waals surface area contributed by atoms with Gasteiger partial charge in [0.2, 0.25) is 0 Å². The molecule has 0 bridgehead atoms. The number of nitrogens with zero attached hydrogens (tertiary/aromatic N) is 4. The summed E-state index contributed by atoms with van der Waals surface area (Å²) in [5, 5.41) is 13.5. The fourth-order valence-electron chi connectivity index (χ4n) is 4.09. The Morgan fingerprint density at radius 1 is 1.25 bits per heavy atom. The smallest absolute Gasteiger partial charge is 0.407 e. The van der Waals surface area contributed by atoms with E-state index in [1.807, 2.05) is 10.8 Å². The number of carbonyl (C=O) groups is 2. The Morgan fingerprint density at radius 2 is 2.03 bits per heavy atom. The molecule has 0 radical (unpaired) electrons. The van der Waals surface area contributed by atoms with Crippen LogP contribution < -0.4 is 5.32 Å². The van der Waals surface area contributed by atoms with E-state index in [4.69, 9.17) is 4.74 Å². The van der Waals surface area contributed by atoms with Crippen LogP contribution in [0.5, 0.6) is 0 Å². The van der Waals surface area contributed by atoms with Crippen LogP contribution in [0.1, 0.15) is 36.0 Å². The number of nitrogens with one attached hydrogen (secondary N) is 1. The van der Waals surface area contributed by atoms with Crippen LogP contribution in [-0.4, -0.2) is 70.2 Å². The molecule has 1 saturated heterocycles. The first kappa shape index (κ1) is 22.7. The molecule has 1 saturated carbocycles. The molecule has 1 amide bonds. The molecule has 2 aliphatic rings. The molecule has 0 spiro atoms. The Balaban J connectivity index is 1.59. The third kappa shape index (κ3) is 5.29. The Morgan fingerprint density at radius 3 is 2.72 bits per heavy atom.